The van der Waals surface area contributed by atoms with Crippen LogP contribution in [0.4, 0.5) is 9.52 Å². The van der Waals surface area contributed by atoms with Gasteiger partial charge in [-0.2, -0.15) is 5.10 Å². The zero-order chi connectivity index (χ0) is 18.8. The van der Waals surface area contributed by atoms with Gasteiger partial charge in [-0.25, -0.2) is 9.07 Å². The van der Waals surface area contributed by atoms with Crippen molar-refractivity contribution in [3.05, 3.63) is 77.7 Å². The molecule has 0 aliphatic heterocycles. The number of anilines is 1. The normalized spacial score (nSPS) is 10.9. The number of fused-ring (bicyclic) bond motifs is 1. The molecular weight excluding hydrogens is 365 g/mol. The number of rotatable bonds is 5. The summed E-state index contributed by atoms with van der Waals surface area (Å²) in [5.74, 6) is -0.573. The van der Waals surface area contributed by atoms with E-state index >= 15 is 0 Å². The molecular formula is C19H14FN5OS. The molecule has 0 aliphatic carbocycles. The Kier molecular flexibility index (Phi) is 4.47. The molecule has 8 heteroatoms. The summed E-state index contributed by atoms with van der Waals surface area (Å²) in [5.41, 5.74) is 4.59. The van der Waals surface area contributed by atoms with Gasteiger partial charge in [-0.3, -0.25) is 10.1 Å². The smallest absolute Gasteiger partial charge is 0.253 e. The van der Waals surface area contributed by atoms with Crippen molar-refractivity contribution >= 4 is 33.3 Å². The first kappa shape index (κ1) is 17.0. The molecule has 2 heterocycles. The lowest BCUT2D eigenvalue weighted by atomic mass is 10.0. The van der Waals surface area contributed by atoms with Crippen LogP contribution in [0.1, 0.15) is 5.56 Å². The minimum absolute atomic E-state index is 0.283. The Bertz CT molecular complexity index is 1120. The number of amides is 1. The van der Waals surface area contributed by atoms with Crippen molar-refractivity contribution in [2.75, 3.05) is 5.32 Å². The summed E-state index contributed by atoms with van der Waals surface area (Å²) in [6.07, 6.45) is 2.15. The lowest BCUT2D eigenvalue weighted by Crippen LogP contribution is -2.15. The SMILES string of the molecule is C=C(Cc1ccc2c(cnn2-c2ccc(F)cc2)c1)C(=O)Nc1nncs1. The topological polar surface area (TPSA) is 72.7 Å². The van der Waals surface area contributed by atoms with Gasteiger partial charge in [-0.15, -0.1) is 10.2 Å². The summed E-state index contributed by atoms with van der Waals surface area (Å²) >= 11 is 1.25. The van der Waals surface area contributed by atoms with E-state index in [1.54, 1.807) is 28.5 Å². The molecule has 0 unspecified atom stereocenters. The minimum atomic E-state index is -0.289. The number of aromatic nitrogens is 4. The number of nitrogens with one attached hydrogen (secondary N) is 1. The number of benzene rings is 2. The standard InChI is InChI=1S/C19H14FN5OS/c1-12(18(26)23-19-24-21-11-27-19)8-13-2-7-17-14(9-13)10-22-25(17)16-5-3-15(20)4-6-16/h2-7,9-11H,1,8H2,(H,23,24,26). The molecule has 27 heavy (non-hydrogen) atoms. The molecule has 4 rings (SSSR count). The van der Waals surface area contributed by atoms with E-state index in [9.17, 15) is 9.18 Å². The van der Waals surface area contributed by atoms with Gasteiger partial charge in [0.05, 0.1) is 17.4 Å². The first-order valence-corrected chi connectivity index (χ1v) is 8.96. The molecule has 0 fully saturated rings. The maximum atomic E-state index is 13.1. The maximum absolute atomic E-state index is 13.1. The predicted octanol–water partition coefficient (Wildman–Crippen LogP) is 3.75. The summed E-state index contributed by atoms with van der Waals surface area (Å²) < 4.78 is 14.9. The van der Waals surface area contributed by atoms with Crippen LogP contribution in [0.5, 0.6) is 0 Å². The highest BCUT2D eigenvalue weighted by Crippen LogP contribution is 2.21. The third kappa shape index (κ3) is 3.61. The Morgan fingerprint density at radius 1 is 1.22 bits per heavy atom. The predicted molar refractivity (Wildman–Crippen MR) is 102 cm³/mol. The Morgan fingerprint density at radius 2 is 2.04 bits per heavy atom. The third-order valence-electron chi connectivity index (χ3n) is 4.02. The van der Waals surface area contributed by atoms with Crippen LogP contribution in [-0.2, 0) is 11.2 Å². The van der Waals surface area contributed by atoms with Crippen LogP contribution in [0.25, 0.3) is 16.6 Å². The van der Waals surface area contributed by atoms with E-state index in [0.29, 0.717) is 17.1 Å². The second-order valence-electron chi connectivity index (χ2n) is 5.90. The van der Waals surface area contributed by atoms with Crippen molar-refractivity contribution < 1.29 is 9.18 Å². The molecule has 0 spiro atoms. The molecule has 134 valence electrons. The zero-order valence-corrected chi connectivity index (χ0v) is 14.9. The molecule has 4 aromatic rings. The van der Waals surface area contributed by atoms with E-state index in [4.69, 9.17) is 0 Å². The molecule has 2 aromatic heterocycles. The Labute approximate surface area is 158 Å². The lowest BCUT2D eigenvalue weighted by molar-refractivity contribution is -0.112. The third-order valence-corrected chi connectivity index (χ3v) is 4.63. The Balaban J connectivity index is 1.53. The highest BCUT2D eigenvalue weighted by atomic mass is 32.1. The molecule has 0 atom stereocenters. The van der Waals surface area contributed by atoms with Crippen LogP contribution in [0, 0.1) is 5.82 Å². The van der Waals surface area contributed by atoms with E-state index in [1.807, 2.05) is 18.2 Å². The van der Waals surface area contributed by atoms with Gasteiger partial charge in [-0.05, 0) is 42.0 Å². The number of carbonyl (C=O) groups excluding carboxylic acids is 1. The molecule has 2 aromatic carbocycles. The van der Waals surface area contributed by atoms with Crippen molar-refractivity contribution in [2.45, 2.75) is 6.42 Å². The zero-order valence-electron chi connectivity index (χ0n) is 14.1. The fourth-order valence-corrected chi connectivity index (χ4v) is 3.16. The summed E-state index contributed by atoms with van der Waals surface area (Å²) in [7, 11) is 0. The molecule has 6 nitrogen and oxygen atoms in total. The fraction of sp³-hybridized carbons (Fsp3) is 0.0526. The van der Waals surface area contributed by atoms with Crippen molar-refractivity contribution in [1.82, 2.24) is 20.0 Å². The summed E-state index contributed by atoms with van der Waals surface area (Å²) in [6, 6.07) is 12.0. The largest absolute Gasteiger partial charge is 0.297 e. The monoisotopic (exact) mass is 379 g/mol. The highest BCUT2D eigenvalue weighted by Gasteiger charge is 2.12. The van der Waals surface area contributed by atoms with Crippen molar-refractivity contribution in [2.24, 2.45) is 0 Å². The van der Waals surface area contributed by atoms with Crippen LogP contribution in [0.2, 0.25) is 0 Å². The number of halogens is 1. The van der Waals surface area contributed by atoms with E-state index in [2.05, 4.69) is 27.2 Å². The van der Waals surface area contributed by atoms with Crippen molar-refractivity contribution in [3.63, 3.8) is 0 Å². The van der Waals surface area contributed by atoms with Crippen LogP contribution in [0.15, 0.2) is 66.3 Å². The average molecular weight is 379 g/mol. The van der Waals surface area contributed by atoms with E-state index in [1.165, 1.54) is 23.5 Å². The molecule has 0 bridgehead atoms. The quantitative estimate of drug-likeness (QED) is 0.536. The summed E-state index contributed by atoms with van der Waals surface area (Å²) in [4.78, 5) is 12.2. The second kappa shape index (κ2) is 7.08. The van der Waals surface area contributed by atoms with Crippen LogP contribution in [0.3, 0.4) is 0 Å². The average Bonchev–Trinajstić information content (AvgIpc) is 3.32. The van der Waals surface area contributed by atoms with Gasteiger partial charge in [0.1, 0.15) is 11.3 Å². The fourth-order valence-electron chi connectivity index (χ4n) is 2.72. The molecule has 0 aliphatic rings. The first-order valence-electron chi connectivity index (χ1n) is 8.08. The summed E-state index contributed by atoms with van der Waals surface area (Å²) in [6.45, 7) is 3.86. The van der Waals surface area contributed by atoms with Gasteiger partial charge < -0.3 is 0 Å². The van der Waals surface area contributed by atoms with Gasteiger partial charge in [0, 0.05) is 17.4 Å². The van der Waals surface area contributed by atoms with Crippen LogP contribution < -0.4 is 5.32 Å². The van der Waals surface area contributed by atoms with E-state index < -0.39 is 0 Å². The van der Waals surface area contributed by atoms with Gasteiger partial charge in [0.25, 0.3) is 5.91 Å². The summed E-state index contributed by atoms with van der Waals surface area (Å²) in [5, 5.41) is 15.9. The first-order chi connectivity index (χ1) is 13.1. The number of nitrogens with zero attached hydrogens (tertiary/aromatic N) is 4. The lowest BCUT2D eigenvalue weighted by Gasteiger charge is -2.07. The molecule has 0 saturated carbocycles. The number of hydrogen-bond acceptors (Lipinski definition) is 5. The molecule has 1 amide bonds. The van der Waals surface area contributed by atoms with Crippen molar-refractivity contribution in [3.8, 4) is 5.69 Å². The molecule has 0 radical (unpaired) electrons. The van der Waals surface area contributed by atoms with Gasteiger partial charge in [-0.1, -0.05) is 24.0 Å². The van der Waals surface area contributed by atoms with Crippen LogP contribution >= 0.6 is 11.3 Å². The van der Waals surface area contributed by atoms with Gasteiger partial charge in [0.15, 0.2) is 0 Å². The Hall–Kier alpha value is -3.39. The van der Waals surface area contributed by atoms with Crippen molar-refractivity contribution in [1.29, 1.82) is 0 Å². The van der Waals surface area contributed by atoms with Gasteiger partial charge in [0.2, 0.25) is 5.13 Å². The molecule has 1 N–H and O–H groups in total. The maximum Gasteiger partial charge on any atom is 0.253 e. The Morgan fingerprint density at radius 3 is 2.78 bits per heavy atom. The number of hydrogen-bond donors (Lipinski definition) is 1. The minimum Gasteiger partial charge on any atom is -0.297 e. The second-order valence-corrected chi connectivity index (χ2v) is 6.74. The van der Waals surface area contributed by atoms with Gasteiger partial charge >= 0.3 is 0 Å². The number of carbonyl (C=O) groups is 1. The van der Waals surface area contributed by atoms with E-state index in [-0.39, 0.29) is 11.7 Å². The molecule has 0 saturated heterocycles. The highest BCUT2D eigenvalue weighted by molar-refractivity contribution is 7.13. The van der Waals surface area contributed by atoms with Crippen LogP contribution in [-0.4, -0.2) is 25.9 Å². The van der Waals surface area contributed by atoms with E-state index in [0.717, 1.165) is 22.2 Å².